The van der Waals surface area contributed by atoms with Crippen molar-refractivity contribution in [1.82, 2.24) is 5.16 Å². The number of nitro benzene ring substituents is 1. The monoisotopic (exact) mass is 301 g/mol. The molecule has 0 atom stereocenters. The molecule has 3 rings (SSSR count). The smallest absolute Gasteiger partial charge is 0.270 e. The van der Waals surface area contributed by atoms with Crippen LogP contribution in [0.4, 0.5) is 5.69 Å². The van der Waals surface area contributed by atoms with E-state index in [9.17, 15) is 10.1 Å². The largest absolute Gasteiger partial charge is 0.366 e. The molecule has 0 aliphatic carbocycles. The third kappa shape index (κ3) is 2.40. The Labute approximate surface area is 122 Å². The number of aromatic nitrogens is 1. The van der Waals surface area contributed by atoms with Gasteiger partial charge in [0.25, 0.3) is 5.69 Å². The minimum absolute atomic E-state index is 0.0669. The predicted octanol–water partition coefficient (Wildman–Crippen LogP) is 2.48. The van der Waals surface area contributed by atoms with Crippen LogP contribution in [-0.2, 0) is 6.54 Å². The second-order valence-corrected chi connectivity index (χ2v) is 11.1. The summed E-state index contributed by atoms with van der Waals surface area (Å²) in [5.74, 6) is 0. The van der Waals surface area contributed by atoms with Gasteiger partial charge < -0.3 is 4.52 Å². The van der Waals surface area contributed by atoms with Gasteiger partial charge in [0.05, 0.1) is 17.2 Å². The summed E-state index contributed by atoms with van der Waals surface area (Å²) in [6.45, 7) is 7.05. The standard InChI is InChI=1S/C14H15N3O3Si/c1-21(2,3)13-7-12(16-20-13)14-11-6-10(17(18)19)5-4-9(11)8-15-14/h4-7H,8H2,1-3H3. The van der Waals surface area contributed by atoms with E-state index in [0.717, 1.165) is 16.5 Å². The topological polar surface area (TPSA) is 81.5 Å². The maximum absolute atomic E-state index is 10.9. The van der Waals surface area contributed by atoms with Gasteiger partial charge in [-0.1, -0.05) is 24.8 Å². The number of rotatable bonds is 3. The minimum Gasteiger partial charge on any atom is -0.366 e. The van der Waals surface area contributed by atoms with Gasteiger partial charge in [0, 0.05) is 23.8 Å². The summed E-state index contributed by atoms with van der Waals surface area (Å²) in [6.07, 6.45) is 0. The maximum Gasteiger partial charge on any atom is 0.270 e. The fourth-order valence-corrected chi connectivity index (χ4v) is 3.13. The molecular formula is C14H15N3O3Si. The fourth-order valence-electron chi connectivity index (χ4n) is 2.24. The second-order valence-electron chi connectivity index (χ2n) is 6.09. The van der Waals surface area contributed by atoms with Crippen LogP contribution in [0.5, 0.6) is 0 Å². The van der Waals surface area contributed by atoms with Crippen LogP contribution in [0.2, 0.25) is 19.6 Å². The molecule has 0 N–H and O–H groups in total. The number of aliphatic imine (C=N–C) groups is 1. The van der Waals surface area contributed by atoms with E-state index in [4.69, 9.17) is 4.52 Å². The number of fused-ring (bicyclic) bond motifs is 1. The molecule has 0 saturated carbocycles. The van der Waals surface area contributed by atoms with Gasteiger partial charge in [-0.2, -0.15) is 0 Å². The van der Waals surface area contributed by atoms with Gasteiger partial charge in [0.15, 0.2) is 0 Å². The van der Waals surface area contributed by atoms with E-state index in [1.54, 1.807) is 12.1 Å². The van der Waals surface area contributed by atoms with Crippen molar-refractivity contribution in [3.63, 3.8) is 0 Å². The molecule has 1 aliphatic rings. The van der Waals surface area contributed by atoms with Gasteiger partial charge in [-0.25, -0.2) is 0 Å². The van der Waals surface area contributed by atoms with Crippen molar-refractivity contribution in [3.05, 3.63) is 51.2 Å². The molecule has 0 radical (unpaired) electrons. The van der Waals surface area contributed by atoms with Crippen LogP contribution in [-0.4, -0.2) is 23.9 Å². The molecule has 0 spiro atoms. The first-order valence-electron chi connectivity index (χ1n) is 6.66. The van der Waals surface area contributed by atoms with Crippen LogP contribution in [0, 0.1) is 10.1 Å². The average molecular weight is 301 g/mol. The summed E-state index contributed by atoms with van der Waals surface area (Å²) in [4.78, 5) is 15.0. The van der Waals surface area contributed by atoms with E-state index in [1.165, 1.54) is 6.07 Å². The van der Waals surface area contributed by atoms with E-state index < -0.39 is 13.0 Å². The lowest BCUT2D eigenvalue weighted by atomic mass is 10.0. The molecule has 0 saturated heterocycles. The third-order valence-corrected chi connectivity index (χ3v) is 5.17. The van der Waals surface area contributed by atoms with Gasteiger partial charge in [-0.05, 0) is 11.6 Å². The minimum atomic E-state index is -1.58. The first-order valence-corrected chi connectivity index (χ1v) is 10.2. The molecule has 6 nitrogen and oxygen atoms in total. The molecule has 0 fully saturated rings. The normalized spacial score (nSPS) is 14.0. The van der Waals surface area contributed by atoms with E-state index in [2.05, 4.69) is 29.8 Å². The lowest BCUT2D eigenvalue weighted by molar-refractivity contribution is -0.384. The zero-order valence-corrected chi connectivity index (χ0v) is 13.1. The quantitative estimate of drug-likeness (QED) is 0.495. The van der Waals surface area contributed by atoms with Crippen molar-refractivity contribution in [1.29, 1.82) is 0 Å². The highest BCUT2D eigenvalue weighted by Gasteiger charge is 2.27. The van der Waals surface area contributed by atoms with Gasteiger partial charge in [-0.15, -0.1) is 0 Å². The Bertz CT molecular complexity index is 759. The molecule has 7 heteroatoms. The Kier molecular flexibility index (Phi) is 3.02. The first kappa shape index (κ1) is 13.7. The molecular weight excluding hydrogens is 286 g/mol. The molecule has 2 heterocycles. The fraction of sp³-hybridized carbons (Fsp3) is 0.286. The summed E-state index contributed by atoms with van der Waals surface area (Å²) in [5, 5.41) is 15.9. The van der Waals surface area contributed by atoms with Crippen molar-refractivity contribution in [2.24, 2.45) is 4.99 Å². The van der Waals surface area contributed by atoms with E-state index in [-0.39, 0.29) is 5.69 Å². The number of hydrogen-bond donors (Lipinski definition) is 0. The molecule has 0 unspecified atom stereocenters. The van der Waals surface area contributed by atoms with Gasteiger partial charge in [0.1, 0.15) is 19.2 Å². The zero-order valence-electron chi connectivity index (χ0n) is 12.1. The number of benzene rings is 1. The summed E-state index contributed by atoms with van der Waals surface area (Å²) in [6, 6.07) is 6.74. The van der Waals surface area contributed by atoms with Crippen molar-refractivity contribution in [2.75, 3.05) is 0 Å². The highest BCUT2D eigenvalue weighted by molar-refractivity contribution is 6.87. The molecule has 1 aromatic heterocycles. The Morgan fingerprint density at radius 2 is 2.05 bits per heavy atom. The van der Waals surface area contributed by atoms with E-state index in [1.807, 2.05) is 6.07 Å². The Morgan fingerprint density at radius 3 is 2.67 bits per heavy atom. The Hall–Kier alpha value is -2.28. The summed E-state index contributed by atoms with van der Waals surface area (Å²) in [7, 11) is -1.58. The second kappa shape index (κ2) is 4.63. The highest BCUT2D eigenvalue weighted by atomic mass is 28.3. The van der Waals surface area contributed by atoms with Gasteiger partial charge in [-0.3, -0.25) is 15.1 Å². The van der Waals surface area contributed by atoms with Crippen LogP contribution >= 0.6 is 0 Å². The summed E-state index contributed by atoms with van der Waals surface area (Å²) in [5.41, 5.74) is 3.17. The molecule has 108 valence electrons. The Morgan fingerprint density at radius 1 is 1.29 bits per heavy atom. The molecule has 21 heavy (non-hydrogen) atoms. The van der Waals surface area contributed by atoms with Gasteiger partial charge in [0.2, 0.25) is 0 Å². The third-order valence-electron chi connectivity index (χ3n) is 3.46. The lowest BCUT2D eigenvalue weighted by Crippen LogP contribution is -2.36. The molecule has 0 amide bonds. The maximum atomic E-state index is 10.9. The van der Waals surface area contributed by atoms with Crippen LogP contribution in [0.25, 0.3) is 0 Å². The van der Waals surface area contributed by atoms with Crippen LogP contribution in [0.1, 0.15) is 16.8 Å². The highest BCUT2D eigenvalue weighted by Crippen LogP contribution is 2.26. The van der Waals surface area contributed by atoms with Gasteiger partial charge >= 0.3 is 0 Å². The number of hydrogen-bond acceptors (Lipinski definition) is 5. The van der Waals surface area contributed by atoms with E-state index in [0.29, 0.717) is 18.0 Å². The zero-order chi connectivity index (χ0) is 15.2. The average Bonchev–Trinajstić information content (AvgIpc) is 3.03. The van der Waals surface area contributed by atoms with Crippen LogP contribution < -0.4 is 5.38 Å². The van der Waals surface area contributed by atoms with Crippen molar-refractivity contribution >= 4 is 24.9 Å². The van der Waals surface area contributed by atoms with E-state index >= 15 is 0 Å². The van der Waals surface area contributed by atoms with Crippen LogP contribution in [0.3, 0.4) is 0 Å². The van der Waals surface area contributed by atoms with Crippen LogP contribution in [0.15, 0.2) is 33.8 Å². The molecule has 0 bridgehead atoms. The number of nitrogens with zero attached hydrogens (tertiary/aromatic N) is 3. The molecule has 1 aliphatic heterocycles. The number of nitro groups is 1. The molecule has 2 aromatic rings. The van der Waals surface area contributed by atoms with Crippen molar-refractivity contribution in [2.45, 2.75) is 26.2 Å². The summed E-state index contributed by atoms with van der Waals surface area (Å²) >= 11 is 0. The SMILES string of the molecule is C[Si](C)(C)c1cc(C2=NCc3ccc([N+](=O)[O-])cc32)no1. The number of non-ortho nitro benzene ring substituents is 1. The van der Waals surface area contributed by atoms with Crippen molar-refractivity contribution in [3.8, 4) is 0 Å². The summed E-state index contributed by atoms with van der Waals surface area (Å²) < 4.78 is 5.43. The first-order chi connectivity index (χ1) is 9.86. The Balaban J connectivity index is 2.02. The predicted molar refractivity (Wildman–Crippen MR) is 81.9 cm³/mol. The van der Waals surface area contributed by atoms with Crippen molar-refractivity contribution < 1.29 is 9.45 Å². The lowest BCUT2D eigenvalue weighted by Gasteiger charge is -2.08. The molecule has 1 aromatic carbocycles.